The number of halogens is 1. The lowest BCUT2D eigenvalue weighted by atomic mass is 10.1. The van der Waals surface area contributed by atoms with Crippen LogP contribution in [0.3, 0.4) is 0 Å². The highest BCUT2D eigenvalue weighted by Crippen LogP contribution is 2.22. The van der Waals surface area contributed by atoms with E-state index in [-0.39, 0.29) is 0 Å². The van der Waals surface area contributed by atoms with Crippen molar-refractivity contribution < 1.29 is 4.74 Å². The summed E-state index contributed by atoms with van der Waals surface area (Å²) < 4.78 is 9.27. The molecule has 0 atom stereocenters. The number of hydrogen-bond acceptors (Lipinski definition) is 4. The molecule has 0 aromatic carbocycles. The van der Waals surface area contributed by atoms with Crippen LogP contribution in [0.15, 0.2) is 6.07 Å². The third-order valence-electron chi connectivity index (χ3n) is 2.64. The second-order valence-corrected chi connectivity index (χ2v) is 5.97. The van der Waals surface area contributed by atoms with Gasteiger partial charge in [0, 0.05) is 22.3 Å². The fraction of sp³-hybridized carbons (Fsp3) is 0.700. The Labute approximate surface area is 103 Å². The van der Waals surface area contributed by atoms with Gasteiger partial charge < -0.3 is 4.74 Å². The Balaban J connectivity index is 1.86. The molecule has 1 aromatic heterocycles. The van der Waals surface area contributed by atoms with Gasteiger partial charge in [-0.25, -0.2) is 0 Å². The average Bonchev–Trinajstić information content (AvgIpc) is 2.69. The standard InChI is InChI=1S/C10H15BrN2OS/c1-14-10-6-9(15-12-10)7-13-4-2-8(11)3-5-13/h6,8H,2-5,7H2,1H3. The van der Waals surface area contributed by atoms with E-state index < -0.39 is 0 Å². The van der Waals surface area contributed by atoms with Crippen LogP contribution in [0.1, 0.15) is 17.7 Å². The van der Waals surface area contributed by atoms with E-state index in [9.17, 15) is 0 Å². The maximum atomic E-state index is 5.07. The first kappa shape index (κ1) is 11.4. The molecule has 2 heterocycles. The molecule has 0 amide bonds. The van der Waals surface area contributed by atoms with Crippen molar-refractivity contribution in [2.24, 2.45) is 0 Å². The van der Waals surface area contributed by atoms with E-state index in [0.29, 0.717) is 4.83 Å². The largest absolute Gasteiger partial charge is 0.480 e. The molecule has 5 heteroatoms. The molecule has 3 nitrogen and oxygen atoms in total. The molecule has 0 bridgehead atoms. The second-order valence-electron chi connectivity index (χ2n) is 3.79. The Kier molecular flexibility index (Phi) is 3.99. The van der Waals surface area contributed by atoms with Crippen LogP contribution < -0.4 is 4.74 Å². The zero-order valence-corrected chi connectivity index (χ0v) is 11.2. The predicted molar refractivity (Wildman–Crippen MR) is 65.9 cm³/mol. The molecule has 15 heavy (non-hydrogen) atoms. The van der Waals surface area contributed by atoms with E-state index in [0.717, 1.165) is 12.4 Å². The van der Waals surface area contributed by atoms with Crippen LogP contribution in [0.2, 0.25) is 0 Å². The van der Waals surface area contributed by atoms with Gasteiger partial charge in [-0.05, 0) is 37.5 Å². The van der Waals surface area contributed by atoms with Gasteiger partial charge in [-0.2, -0.15) is 4.37 Å². The summed E-state index contributed by atoms with van der Waals surface area (Å²) in [5, 5.41) is 0. The second kappa shape index (κ2) is 5.27. The van der Waals surface area contributed by atoms with Crippen LogP contribution in [-0.4, -0.2) is 34.3 Å². The van der Waals surface area contributed by atoms with Gasteiger partial charge in [-0.1, -0.05) is 15.9 Å². The Morgan fingerprint density at radius 1 is 1.60 bits per heavy atom. The molecule has 1 aliphatic heterocycles. The van der Waals surface area contributed by atoms with Crippen molar-refractivity contribution in [2.75, 3.05) is 20.2 Å². The number of hydrogen-bond donors (Lipinski definition) is 0. The number of ether oxygens (including phenoxy) is 1. The maximum absolute atomic E-state index is 5.07. The smallest absolute Gasteiger partial charge is 0.225 e. The lowest BCUT2D eigenvalue weighted by Gasteiger charge is -2.28. The summed E-state index contributed by atoms with van der Waals surface area (Å²) >= 11 is 5.20. The molecule has 84 valence electrons. The summed E-state index contributed by atoms with van der Waals surface area (Å²) in [6.45, 7) is 3.37. The monoisotopic (exact) mass is 290 g/mol. The van der Waals surface area contributed by atoms with Crippen LogP contribution in [0.4, 0.5) is 0 Å². The molecule has 1 aliphatic rings. The normalized spacial score (nSPS) is 19.3. The Morgan fingerprint density at radius 3 is 2.93 bits per heavy atom. The third kappa shape index (κ3) is 3.16. The quantitative estimate of drug-likeness (QED) is 0.800. The average molecular weight is 291 g/mol. The van der Waals surface area contributed by atoms with Gasteiger partial charge in [0.15, 0.2) is 0 Å². The van der Waals surface area contributed by atoms with Gasteiger partial charge in [-0.3, -0.25) is 4.90 Å². The summed E-state index contributed by atoms with van der Waals surface area (Å²) in [6, 6.07) is 2.03. The minimum absolute atomic E-state index is 0.713. The van der Waals surface area contributed by atoms with Crippen molar-refractivity contribution in [2.45, 2.75) is 24.2 Å². The van der Waals surface area contributed by atoms with E-state index in [1.807, 2.05) is 6.07 Å². The zero-order chi connectivity index (χ0) is 10.7. The summed E-state index contributed by atoms with van der Waals surface area (Å²) in [5.41, 5.74) is 0. The molecule has 0 unspecified atom stereocenters. The van der Waals surface area contributed by atoms with Crippen LogP contribution in [0, 0.1) is 0 Å². The van der Waals surface area contributed by atoms with Crippen molar-refractivity contribution in [1.82, 2.24) is 9.27 Å². The van der Waals surface area contributed by atoms with Gasteiger partial charge in [0.05, 0.1) is 7.11 Å². The topological polar surface area (TPSA) is 25.4 Å². The maximum Gasteiger partial charge on any atom is 0.225 e. The number of alkyl halides is 1. The van der Waals surface area contributed by atoms with Gasteiger partial charge in [-0.15, -0.1) is 0 Å². The SMILES string of the molecule is COc1cc(CN2CCC(Br)CC2)sn1. The Hall–Kier alpha value is -0.130. The number of aromatic nitrogens is 1. The van der Waals surface area contributed by atoms with Crippen molar-refractivity contribution in [3.05, 3.63) is 10.9 Å². The molecule has 1 aromatic rings. The van der Waals surface area contributed by atoms with E-state index in [4.69, 9.17) is 4.74 Å². The van der Waals surface area contributed by atoms with E-state index in [1.54, 1.807) is 18.6 Å². The van der Waals surface area contributed by atoms with Crippen molar-refractivity contribution in [1.29, 1.82) is 0 Å². The van der Waals surface area contributed by atoms with E-state index >= 15 is 0 Å². The molecule has 1 fully saturated rings. The molecule has 0 spiro atoms. The molecule has 0 aliphatic carbocycles. The van der Waals surface area contributed by atoms with Gasteiger partial charge in [0.2, 0.25) is 5.88 Å². The number of rotatable bonds is 3. The summed E-state index contributed by atoms with van der Waals surface area (Å²) in [6.07, 6.45) is 2.49. The van der Waals surface area contributed by atoms with Crippen LogP contribution in [0.5, 0.6) is 5.88 Å². The van der Waals surface area contributed by atoms with Crippen LogP contribution >= 0.6 is 27.5 Å². The highest BCUT2D eigenvalue weighted by Gasteiger charge is 2.17. The third-order valence-corrected chi connectivity index (χ3v) is 4.31. The molecule has 0 N–H and O–H groups in total. The molecule has 0 saturated carbocycles. The van der Waals surface area contributed by atoms with Crippen LogP contribution in [0.25, 0.3) is 0 Å². The van der Waals surface area contributed by atoms with Gasteiger partial charge in [0.25, 0.3) is 0 Å². The highest BCUT2D eigenvalue weighted by atomic mass is 79.9. The van der Waals surface area contributed by atoms with Crippen molar-refractivity contribution in [3.8, 4) is 5.88 Å². The minimum atomic E-state index is 0.713. The highest BCUT2D eigenvalue weighted by molar-refractivity contribution is 9.09. The lowest BCUT2D eigenvalue weighted by Crippen LogP contribution is -2.33. The van der Waals surface area contributed by atoms with Crippen molar-refractivity contribution >= 4 is 27.5 Å². The molecular formula is C10H15BrN2OS. The molecule has 1 saturated heterocycles. The van der Waals surface area contributed by atoms with Crippen molar-refractivity contribution in [3.63, 3.8) is 0 Å². The number of methoxy groups -OCH3 is 1. The van der Waals surface area contributed by atoms with Gasteiger partial charge in [0.1, 0.15) is 0 Å². The summed E-state index contributed by atoms with van der Waals surface area (Å²) in [5.74, 6) is 0.741. The van der Waals surface area contributed by atoms with Gasteiger partial charge >= 0.3 is 0 Å². The summed E-state index contributed by atoms with van der Waals surface area (Å²) in [7, 11) is 1.66. The fourth-order valence-corrected chi connectivity index (χ4v) is 2.88. The van der Waals surface area contributed by atoms with E-state index in [2.05, 4.69) is 25.2 Å². The first-order valence-corrected chi connectivity index (χ1v) is 6.83. The Bertz CT molecular complexity index is 310. The zero-order valence-electron chi connectivity index (χ0n) is 8.78. The first-order valence-electron chi connectivity index (χ1n) is 5.14. The Morgan fingerprint density at radius 2 is 2.33 bits per heavy atom. The molecule has 2 rings (SSSR count). The first-order chi connectivity index (χ1) is 7.28. The van der Waals surface area contributed by atoms with Crippen LogP contribution in [-0.2, 0) is 6.54 Å². The minimum Gasteiger partial charge on any atom is -0.480 e. The van der Waals surface area contributed by atoms with E-state index in [1.165, 1.54) is 30.8 Å². The predicted octanol–water partition coefficient (Wildman–Crippen LogP) is 2.51. The lowest BCUT2D eigenvalue weighted by molar-refractivity contribution is 0.228. The number of piperidine rings is 1. The molecular weight excluding hydrogens is 276 g/mol. The fourth-order valence-electron chi connectivity index (χ4n) is 1.74. The summed E-state index contributed by atoms with van der Waals surface area (Å²) in [4.78, 5) is 4.48. The number of nitrogens with zero attached hydrogens (tertiary/aromatic N) is 2. The number of likely N-dealkylation sites (tertiary alicyclic amines) is 1. The molecule has 0 radical (unpaired) electrons.